The normalized spacial score (nSPS) is 16.2. The zero-order valence-corrected chi connectivity index (χ0v) is 28.4. The highest BCUT2D eigenvalue weighted by molar-refractivity contribution is 7.26. The summed E-state index contributed by atoms with van der Waals surface area (Å²) in [6, 6.07) is 60.4. The molecule has 8 aromatic rings. The fourth-order valence-electron chi connectivity index (χ4n) is 8.02. The molecule has 2 unspecified atom stereocenters. The number of anilines is 2. The average molecular weight is 648 g/mol. The lowest BCUT2D eigenvalue weighted by Gasteiger charge is -2.40. The van der Waals surface area contributed by atoms with Crippen molar-refractivity contribution >= 4 is 59.2 Å². The van der Waals surface area contributed by atoms with Crippen molar-refractivity contribution in [2.24, 2.45) is 5.92 Å². The molecule has 0 aliphatic heterocycles. The van der Waals surface area contributed by atoms with Gasteiger partial charge in [-0.1, -0.05) is 153 Å². The molecule has 0 bridgehead atoms. The predicted octanol–water partition coefficient (Wildman–Crippen LogP) is 13.6. The first-order chi connectivity index (χ1) is 24.2. The Bertz CT molecular complexity index is 2470. The molecular formula is C47H37NS. The van der Waals surface area contributed by atoms with Crippen LogP contribution >= 0.6 is 11.3 Å². The molecule has 2 heteroatoms. The van der Waals surface area contributed by atoms with Crippen LogP contribution in [0, 0.1) is 5.92 Å². The summed E-state index contributed by atoms with van der Waals surface area (Å²) in [6.45, 7) is 2.38. The van der Waals surface area contributed by atoms with Crippen LogP contribution in [-0.4, -0.2) is 6.04 Å². The van der Waals surface area contributed by atoms with Crippen molar-refractivity contribution in [3.8, 4) is 22.3 Å². The van der Waals surface area contributed by atoms with Crippen molar-refractivity contribution in [3.63, 3.8) is 0 Å². The van der Waals surface area contributed by atoms with Crippen molar-refractivity contribution < 1.29 is 0 Å². The number of benzene rings is 7. The van der Waals surface area contributed by atoms with Crippen molar-refractivity contribution in [3.05, 3.63) is 175 Å². The molecule has 9 rings (SSSR count). The first-order valence-electron chi connectivity index (χ1n) is 17.4. The monoisotopic (exact) mass is 647 g/mol. The maximum atomic E-state index is 2.70. The van der Waals surface area contributed by atoms with Crippen LogP contribution in [0.4, 0.5) is 11.4 Å². The maximum absolute atomic E-state index is 2.70. The molecule has 236 valence electrons. The van der Waals surface area contributed by atoms with Crippen molar-refractivity contribution in [2.45, 2.75) is 25.8 Å². The van der Waals surface area contributed by atoms with E-state index in [4.69, 9.17) is 0 Å². The molecule has 1 nitrogen and oxygen atoms in total. The second-order valence-corrected chi connectivity index (χ2v) is 14.4. The van der Waals surface area contributed by atoms with E-state index in [1.807, 2.05) is 11.3 Å². The lowest BCUT2D eigenvalue weighted by atomic mass is 9.80. The highest BCUT2D eigenvalue weighted by Crippen LogP contribution is 2.49. The molecular weight excluding hydrogens is 611 g/mol. The fraction of sp³-hybridized carbons (Fsp3) is 0.106. The number of para-hydroxylation sites is 1. The van der Waals surface area contributed by atoms with Crippen LogP contribution in [0.15, 0.2) is 170 Å². The van der Waals surface area contributed by atoms with Crippen LogP contribution in [0.5, 0.6) is 0 Å². The van der Waals surface area contributed by atoms with Gasteiger partial charge < -0.3 is 4.90 Å². The van der Waals surface area contributed by atoms with E-state index < -0.39 is 0 Å². The maximum Gasteiger partial charge on any atom is 0.0595 e. The Morgan fingerprint density at radius 3 is 1.88 bits per heavy atom. The number of rotatable bonds is 6. The number of fused-ring (bicyclic) bond motifs is 4. The largest absolute Gasteiger partial charge is 0.333 e. The van der Waals surface area contributed by atoms with Gasteiger partial charge in [0.15, 0.2) is 0 Å². The molecule has 0 spiro atoms. The highest BCUT2D eigenvalue weighted by Gasteiger charge is 2.33. The Labute approximate surface area is 292 Å². The zero-order valence-electron chi connectivity index (χ0n) is 27.6. The summed E-state index contributed by atoms with van der Waals surface area (Å²) in [5.41, 5.74) is 10.3. The minimum Gasteiger partial charge on any atom is -0.333 e. The number of thiophene rings is 1. The van der Waals surface area contributed by atoms with Crippen LogP contribution in [0.1, 0.15) is 25.3 Å². The van der Waals surface area contributed by atoms with Gasteiger partial charge >= 0.3 is 0 Å². The van der Waals surface area contributed by atoms with Crippen LogP contribution < -0.4 is 4.90 Å². The van der Waals surface area contributed by atoms with Gasteiger partial charge in [-0.25, -0.2) is 0 Å². The van der Waals surface area contributed by atoms with Crippen LogP contribution in [0.25, 0.3) is 58.8 Å². The second kappa shape index (κ2) is 12.5. The van der Waals surface area contributed by atoms with E-state index in [9.17, 15) is 0 Å². The Kier molecular flexibility index (Phi) is 7.60. The Balaban J connectivity index is 1.34. The van der Waals surface area contributed by atoms with Gasteiger partial charge in [0, 0.05) is 31.4 Å². The molecule has 1 aliphatic rings. The quantitative estimate of drug-likeness (QED) is 0.174. The van der Waals surface area contributed by atoms with E-state index in [1.54, 1.807) is 0 Å². The lowest BCUT2D eigenvalue weighted by molar-refractivity contribution is 0.548. The van der Waals surface area contributed by atoms with Crippen molar-refractivity contribution in [1.29, 1.82) is 0 Å². The predicted molar refractivity (Wildman–Crippen MR) is 213 cm³/mol. The minimum atomic E-state index is 0.125. The minimum absolute atomic E-state index is 0.125. The molecule has 0 N–H and O–H groups in total. The van der Waals surface area contributed by atoms with Gasteiger partial charge in [-0.2, -0.15) is 0 Å². The van der Waals surface area contributed by atoms with E-state index in [-0.39, 0.29) is 6.04 Å². The topological polar surface area (TPSA) is 3.24 Å². The summed E-state index contributed by atoms with van der Waals surface area (Å²) in [4.78, 5) is 2.70. The van der Waals surface area contributed by atoms with Crippen LogP contribution in [0.3, 0.4) is 0 Å². The van der Waals surface area contributed by atoms with Gasteiger partial charge in [0.1, 0.15) is 0 Å². The fourth-order valence-corrected chi connectivity index (χ4v) is 9.15. The number of hydrogen-bond acceptors (Lipinski definition) is 2. The molecule has 49 heavy (non-hydrogen) atoms. The van der Waals surface area contributed by atoms with Gasteiger partial charge in [0.05, 0.1) is 11.7 Å². The number of allylic oxidation sites excluding steroid dienone is 1. The first kappa shape index (κ1) is 29.7. The molecule has 1 aromatic heterocycles. The first-order valence-corrected chi connectivity index (χ1v) is 18.2. The lowest BCUT2D eigenvalue weighted by Crippen LogP contribution is -2.35. The van der Waals surface area contributed by atoms with E-state index in [2.05, 4.69) is 182 Å². The molecule has 0 saturated heterocycles. The van der Waals surface area contributed by atoms with Crippen molar-refractivity contribution in [2.75, 3.05) is 4.90 Å². The third-order valence-corrected chi connectivity index (χ3v) is 11.4. The third-order valence-electron chi connectivity index (χ3n) is 10.2. The molecule has 0 radical (unpaired) electrons. The summed E-state index contributed by atoms with van der Waals surface area (Å²) in [7, 11) is 0. The SMILES string of the molecule is CC1C=C(c2cccc3cccc(-c4ccccc4)c23)C(N(c2ccccc2-c2ccccc2)c2cccc3sc4ccccc4c23)CC1. The summed E-state index contributed by atoms with van der Waals surface area (Å²) in [6.07, 6.45) is 4.77. The molecule has 1 aliphatic carbocycles. The molecule has 2 atom stereocenters. The molecule has 0 saturated carbocycles. The van der Waals surface area contributed by atoms with Gasteiger partial charge in [-0.15, -0.1) is 11.3 Å². The summed E-state index contributed by atoms with van der Waals surface area (Å²) in [5.74, 6) is 0.481. The van der Waals surface area contributed by atoms with E-state index >= 15 is 0 Å². The van der Waals surface area contributed by atoms with E-state index in [0.29, 0.717) is 5.92 Å². The second-order valence-electron chi connectivity index (χ2n) is 13.3. The zero-order chi connectivity index (χ0) is 32.7. The summed E-state index contributed by atoms with van der Waals surface area (Å²) >= 11 is 1.89. The highest BCUT2D eigenvalue weighted by atomic mass is 32.1. The molecule has 1 heterocycles. The van der Waals surface area contributed by atoms with Crippen molar-refractivity contribution in [1.82, 2.24) is 0 Å². The van der Waals surface area contributed by atoms with Gasteiger partial charge in [0.2, 0.25) is 0 Å². The van der Waals surface area contributed by atoms with Gasteiger partial charge in [-0.05, 0) is 81.6 Å². The molecule has 7 aromatic carbocycles. The smallest absolute Gasteiger partial charge is 0.0595 e. The Morgan fingerprint density at radius 1 is 0.490 bits per heavy atom. The Morgan fingerprint density at radius 2 is 1.08 bits per heavy atom. The summed E-state index contributed by atoms with van der Waals surface area (Å²) < 4.78 is 2.66. The van der Waals surface area contributed by atoms with Gasteiger partial charge in [-0.3, -0.25) is 0 Å². The number of hydrogen-bond donors (Lipinski definition) is 0. The van der Waals surface area contributed by atoms with Crippen LogP contribution in [0.2, 0.25) is 0 Å². The van der Waals surface area contributed by atoms with E-state index in [0.717, 1.165) is 12.8 Å². The third kappa shape index (κ3) is 5.24. The molecule has 0 fully saturated rings. The Hall–Kier alpha value is -5.44. The standard InChI is InChI=1S/C47H37NS/c1-32-29-30-42(40(31-32)38-24-13-20-35-19-12-23-37(46(35)38)34-17-6-3-7-18-34)48(41-25-10-8-21-36(41)33-15-4-2-5-16-33)43-26-14-28-45-47(43)39-22-9-11-27-44(39)49-45/h2-28,31-32,42H,29-30H2,1H3. The molecule has 0 amide bonds. The summed E-state index contributed by atoms with van der Waals surface area (Å²) in [5, 5.41) is 5.27. The van der Waals surface area contributed by atoms with E-state index in [1.165, 1.54) is 75.7 Å². The van der Waals surface area contributed by atoms with Crippen LogP contribution in [-0.2, 0) is 0 Å². The number of nitrogens with zero attached hydrogens (tertiary/aromatic N) is 1. The van der Waals surface area contributed by atoms with Gasteiger partial charge in [0.25, 0.3) is 0 Å². The average Bonchev–Trinajstić information content (AvgIpc) is 3.55.